The Hall–Kier alpha value is -0.330. The van der Waals surface area contributed by atoms with Gasteiger partial charge >= 0.3 is 0 Å². The van der Waals surface area contributed by atoms with E-state index in [0.717, 1.165) is 19.1 Å². The van der Waals surface area contributed by atoms with Crippen LogP contribution in [0, 0.1) is 0 Å². The summed E-state index contributed by atoms with van der Waals surface area (Å²) in [6.07, 6.45) is 30.0. The molecule has 0 fully saturated rings. The second kappa shape index (κ2) is 22.7. The molecule has 0 aliphatic rings. The van der Waals surface area contributed by atoms with Gasteiger partial charge in [0.25, 0.3) is 0 Å². The Morgan fingerprint density at radius 1 is 0.417 bits per heavy atom. The quantitative estimate of drug-likeness (QED) is 0.152. The molecule has 0 heterocycles. The predicted octanol–water partition coefficient (Wildman–Crippen LogP) is 8.40. The van der Waals surface area contributed by atoms with Gasteiger partial charge < -0.3 is 4.79 Å². The molecule has 1 heteroatoms. The van der Waals surface area contributed by atoms with Crippen molar-refractivity contribution in [3.8, 4) is 0 Å². The van der Waals surface area contributed by atoms with Gasteiger partial charge in [0, 0.05) is 6.42 Å². The highest BCUT2D eigenvalue weighted by Crippen LogP contribution is 2.14. The number of carbonyl (C=O) groups excluding carboxylic acids is 1. The summed E-state index contributed by atoms with van der Waals surface area (Å²) >= 11 is 0. The van der Waals surface area contributed by atoms with Crippen molar-refractivity contribution in [2.45, 2.75) is 142 Å². The summed E-state index contributed by atoms with van der Waals surface area (Å²) in [6.45, 7) is 2.29. The molecular weight excluding hydrogens is 292 g/mol. The zero-order valence-electron chi connectivity index (χ0n) is 16.8. The Balaban J connectivity index is 2.94. The standard InChI is InChI=1S/C23H46O/c1-2-3-4-5-6-7-8-9-10-11-12-13-14-15-16-17-18-19-20-21-22-23-24/h23H,2-22H2,1H3. The van der Waals surface area contributed by atoms with Crippen LogP contribution >= 0.6 is 0 Å². The van der Waals surface area contributed by atoms with Gasteiger partial charge in [0.15, 0.2) is 0 Å². The van der Waals surface area contributed by atoms with Crippen LogP contribution in [0.1, 0.15) is 142 Å². The van der Waals surface area contributed by atoms with Gasteiger partial charge in [0.2, 0.25) is 0 Å². The van der Waals surface area contributed by atoms with Crippen molar-refractivity contribution >= 4 is 6.29 Å². The SMILES string of the molecule is CCCCCCCCCCCCCCCCCCCCCCC=O. The van der Waals surface area contributed by atoms with E-state index in [9.17, 15) is 4.79 Å². The minimum absolute atomic E-state index is 0.763. The summed E-state index contributed by atoms with van der Waals surface area (Å²) in [7, 11) is 0. The van der Waals surface area contributed by atoms with E-state index in [-0.39, 0.29) is 0 Å². The van der Waals surface area contributed by atoms with Crippen molar-refractivity contribution in [3.63, 3.8) is 0 Å². The molecule has 0 spiro atoms. The lowest BCUT2D eigenvalue weighted by Gasteiger charge is -2.04. The lowest BCUT2D eigenvalue weighted by atomic mass is 10.0. The lowest BCUT2D eigenvalue weighted by molar-refractivity contribution is -0.107. The van der Waals surface area contributed by atoms with E-state index < -0.39 is 0 Å². The van der Waals surface area contributed by atoms with E-state index in [1.807, 2.05) is 0 Å². The first-order valence-corrected chi connectivity index (χ1v) is 11.4. The Morgan fingerprint density at radius 2 is 0.667 bits per heavy atom. The third kappa shape index (κ3) is 21.7. The highest BCUT2D eigenvalue weighted by atomic mass is 16.1. The molecule has 0 aliphatic heterocycles. The van der Waals surface area contributed by atoms with Crippen molar-refractivity contribution in [2.24, 2.45) is 0 Å². The fraction of sp³-hybridized carbons (Fsp3) is 0.957. The molecule has 0 atom stereocenters. The molecule has 24 heavy (non-hydrogen) atoms. The molecule has 144 valence electrons. The van der Waals surface area contributed by atoms with Crippen LogP contribution in [0.5, 0.6) is 0 Å². The average Bonchev–Trinajstić information content (AvgIpc) is 2.60. The molecule has 1 nitrogen and oxygen atoms in total. The zero-order chi connectivity index (χ0) is 17.6. The minimum Gasteiger partial charge on any atom is -0.303 e. The molecule has 0 bridgehead atoms. The summed E-state index contributed by atoms with van der Waals surface area (Å²) in [4.78, 5) is 10.2. The fourth-order valence-corrected chi connectivity index (χ4v) is 3.48. The number of carbonyl (C=O) groups is 1. The molecule has 0 radical (unpaired) electrons. The van der Waals surface area contributed by atoms with Crippen LogP contribution in [0.25, 0.3) is 0 Å². The monoisotopic (exact) mass is 338 g/mol. The van der Waals surface area contributed by atoms with Crippen LogP contribution in [0.2, 0.25) is 0 Å². The van der Waals surface area contributed by atoms with Crippen molar-refractivity contribution in [1.82, 2.24) is 0 Å². The normalized spacial score (nSPS) is 11.0. The van der Waals surface area contributed by atoms with Crippen LogP contribution in [0.15, 0.2) is 0 Å². The average molecular weight is 339 g/mol. The number of hydrogen-bond donors (Lipinski definition) is 0. The van der Waals surface area contributed by atoms with Gasteiger partial charge in [-0.05, 0) is 6.42 Å². The van der Waals surface area contributed by atoms with Gasteiger partial charge in [0.1, 0.15) is 6.29 Å². The fourth-order valence-electron chi connectivity index (χ4n) is 3.48. The lowest BCUT2D eigenvalue weighted by Crippen LogP contribution is -1.84. The minimum atomic E-state index is 0.763. The summed E-state index contributed by atoms with van der Waals surface area (Å²) in [6, 6.07) is 0. The van der Waals surface area contributed by atoms with E-state index in [1.54, 1.807) is 0 Å². The van der Waals surface area contributed by atoms with Gasteiger partial charge in [0.05, 0.1) is 0 Å². The first-order chi connectivity index (χ1) is 11.9. The van der Waals surface area contributed by atoms with Crippen LogP contribution in [-0.4, -0.2) is 6.29 Å². The summed E-state index contributed by atoms with van der Waals surface area (Å²) in [5.41, 5.74) is 0. The largest absolute Gasteiger partial charge is 0.303 e. The molecule has 0 N–H and O–H groups in total. The molecule has 0 aromatic heterocycles. The molecule has 0 aliphatic carbocycles. The number of rotatable bonds is 21. The Bertz CT molecular complexity index is 224. The predicted molar refractivity (Wildman–Crippen MR) is 109 cm³/mol. The second-order valence-corrected chi connectivity index (χ2v) is 7.67. The third-order valence-electron chi connectivity index (χ3n) is 5.18. The van der Waals surface area contributed by atoms with Gasteiger partial charge in [-0.1, -0.05) is 129 Å². The zero-order valence-corrected chi connectivity index (χ0v) is 16.8. The highest BCUT2D eigenvalue weighted by Gasteiger charge is 1.95. The second-order valence-electron chi connectivity index (χ2n) is 7.67. The van der Waals surface area contributed by atoms with Crippen molar-refractivity contribution < 1.29 is 4.79 Å². The van der Waals surface area contributed by atoms with Crippen molar-refractivity contribution in [3.05, 3.63) is 0 Å². The van der Waals surface area contributed by atoms with Gasteiger partial charge in [-0.25, -0.2) is 0 Å². The molecule has 0 saturated heterocycles. The molecule has 0 saturated carbocycles. The molecule has 0 unspecified atom stereocenters. The third-order valence-corrected chi connectivity index (χ3v) is 5.18. The van der Waals surface area contributed by atoms with E-state index >= 15 is 0 Å². The highest BCUT2D eigenvalue weighted by molar-refractivity contribution is 5.48. The maximum absolute atomic E-state index is 10.2. The van der Waals surface area contributed by atoms with E-state index in [4.69, 9.17) is 0 Å². The smallest absolute Gasteiger partial charge is 0.119 e. The van der Waals surface area contributed by atoms with Crippen LogP contribution in [0.3, 0.4) is 0 Å². The number of aldehydes is 1. The summed E-state index contributed by atoms with van der Waals surface area (Å²) in [5, 5.41) is 0. The Labute approximate surface area is 153 Å². The van der Waals surface area contributed by atoms with E-state index in [2.05, 4.69) is 6.92 Å². The van der Waals surface area contributed by atoms with Crippen molar-refractivity contribution in [1.29, 1.82) is 0 Å². The topological polar surface area (TPSA) is 17.1 Å². The van der Waals surface area contributed by atoms with Crippen LogP contribution < -0.4 is 0 Å². The first-order valence-electron chi connectivity index (χ1n) is 11.4. The van der Waals surface area contributed by atoms with Crippen molar-refractivity contribution in [2.75, 3.05) is 0 Å². The van der Waals surface area contributed by atoms with Crippen LogP contribution in [0.4, 0.5) is 0 Å². The first kappa shape index (κ1) is 23.7. The Morgan fingerprint density at radius 3 is 0.917 bits per heavy atom. The molecule has 0 rings (SSSR count). The van der Waals surface area contributed by atoms with Crippen LogP contribution in [-0.2, 0) is 4.79 Å². The van der Waals surface area contributed by atoms with Gasteiger partial charge in [-0.15, -0.1) is 0 Å². The molecular formula is C23H46O. The summed E-state index contributed by atoms with van der Waals surface area (Å²) < 4.78 is 0. The van der Waals surface area contributed by atoms with Gasteiger partial charge in [-0.2, -0.15) is 0 Å². The maximum Gasteiger partial charge on any atom is 0.119 e. The molecule has 0 amide bonds. The number of unbranched alkanes of at least 4 members (excludes halogenated alkanes) is 20. The van der Waals surface area contributed by atoms with Gasteiger partial charge in [-0.3, -0.25) is 0 Å². The number of hydrogen-bond acceptors (Lipinski definition) is 1. The van der Waals surface area contributed by atoms with E-state index in [0.29, 0.717) is 0 Å². The molecule has 0 aromatic carbocycles. The Kier molecular flexibility index (Phi) is 22.4. The maximum atomic E-state index is 10.2. The summed E-state index contributed by atoms with van der Waals surface area (Å²) in [5.74, 6) is 0. The van der Waals surface area contributed by atoms with E-state index in [1.165, 1.54) is 122 Å². The molecule has 0 aromatic rings.